The number of rotatable bonds is 6. The van der Waals surface area contributed by atoms with E-state index in [0.29, 0.717) is 11.5 Å². The zero-order valence-electron chi connectivity index (χ0n) is 18.2. The summed E-state index contributed by atoms with van der Waals surface area (Å²) < 4.78 is 30.1. The second-order valence-corrected chi connectivity index (χ2v) is 9.50. The molecule has 0 nitrogen and oxygen atoms in total. The van der Waals surface area contributed by atoms with Crippen LogP contribution in [0.4, 0.5) is 8.78 Å². The molecule has 0 saturated heterocycles. The highest BCUT2D eigenvalue weighted by molar-refractivity contribution is 5.65. The van der Waals surface area contributed by atoms with Crippen LogP contribution in [0.25, 0.3) is 11.1 Å². The summed E-state index contributed by atoms with van der Waals surface area (Å²) in [7, 11) is 0. The molecule has 2 aliphatic carbocycles. The predicted octanol–water partition coefficient (Wildman–Crippen LogP) is 8.46. The Morgan fingerprint density at radius 1 is 0.933 bits per heavy atom. The highest BCUT2D eigenvalue weighted by atomic mass is 19.1. The molecule has 4 atom stereocenters. The number of fused-ring (bicyclic) bond motifs is 1. The second kappa shape index (κ2) is 9.45. The Kier molecular flexibility index (Phi) is 6.71. The standard InChI is InChI=1S/C28H34F2/c1-3-5-6-20-8-10-21(11-9-20)28-26(29)17-25(18-27(28)30)24-14-13-22-15-19(4-2)7-12-23(22)16-24/h3,8-11,17-19,22-24H,1,4-7,12-16H2,2H3. The van der Waals surface area contributed by atoms with E-state index in [1.54, 1.807) is 12.1 Å². The topological polar surface area (TPSA) is 0 Å². The van der Waals surface area contributed by atoms with Crippen LogP contribution in [-0.4, -0.2) is 0 Å². The fourth-order valence-corrected chi connectivity index (χ4v) is 5.87. The Hall–Kier alpha value is -1.96. The highest BCUT2D eigenvalue weighted by Gasteiger charge is 2.35. The van der Waals surface area contributed by atoms with Gasteiger partial charge in [0, 0.05) is 0 Å². The van der Waals surface area contributed by atoms with Crippen molar-refractivity contribution in [3.63, 3.8) is 0 Å². The number of halogens is 2. The van der Waals surface area contributed by atoms with Gasteiger partial charge in [0.25, 0.3) is 0 Å². The first-order valence-electron chi connectivity index (χ1n) is 11.8. The van der Waals surface area contributed by atoms with Crippen LogP contribution < -0.4 is 0 Å². The minimum Gasteiger partial charge on any atom is -0.206 e. The van der Waals surface area contributed by atoms with E-state index < -0.39 is 11.6 Å². The van der Waals surface area contributed by atoms with Crippen LogP contribution in [0.1, 0.15) is 75.3 Å². The van der Waals surface area contributed by atoms with Crippen molar-refractivity contribution in [3.05, 3.63) is 71.8 Å². The normalized spacial score (nSPS) is 26.2. The van der Waals surface area contributed by atoms with Gasteiger partial charge in [-0.2, -0.15) is 0 Å². The van der Waals surface area contributed by atoms with Crippen molar-refractivity contribution in [2.75, 3.05) is 0 Å². The molecule has 2 aliphatic rings. The molecule has 0 aromatic heterocycles. The first-order valence-corrected chi connectivity index (χ1v) is 11.8. The van der Waals surface area contributed by atoms with Crippen molar-refractivity contribution in [3.8, 4) is 11.1 Å². The van der Waals surface area contributed by atoms with Gasteiger partial charge in [0.1, 0.15) is 11.6 Å². The molecule has 160 valence electrons. The molecule has 0 heterocycles. The maximum absolute atomic E-state index is 15.0. The van der Waals surface area contributed by atoms with Crippen LogP contribution in [0.3, 0.4) is 0 Å². The minimum atomic E-state index is -0.430. The van der Waals surface area contributed by atoms with E-state index in [0.717, 1.165) is 54.6 Å². The maximum Gasteiger partial charge on any atom is 0.134 e. The summed E-state index contributed by atoms with van der Waals surface area (Å²) in [5.74, 6) is 1.89. The van der Waals surface area contributed by atoms with Crippen LogP contribution in [0.15, 0.2) is 49.1 Å². The third-order valence-corrected chi connectivity index (χ3v) is 7.71. The summed E-state index contributed by atoms with van der Waals surface area (Å²) >= 11 is 0. The molecular weight excluding hydrogens is 374 g/mol. The van der Waals surface area contributed by atoms with Crippen molar-refractivity contribution >= 4 is 0 Å². The quantitative estimate of drug-likeness (QED) is 0.421. The summed E-state index contributed by atoms with van der Waals surface area (Å²) in [6, 6.07) is 10.8. The molecule has 30 heavy (non-hydrogen) atoms. The monoisotopic (exact) mass is 408 g/mol. The zero-order valence-corrected chi connectivity index (χ0v) is 18.2. The summed E-state index contributed by atoms with van der Waals surface area (Å²) in [6.07, 6.45) is 12.3. The zero-order chi connectivity index (χ0) is 21.1. The predicted molar refractivity (Wildman–Crippen MR) is 122 cm³/mol. The highest BCUT2D eigenvalue weighted by Crippen LogP contribution is 2.48. The van der Waals surface area contributed by atoms with E-state index in [1.165, 1.54) is 32.1 Å². The van der Waals surface area contributed by atoms with Gasteiger partial charge in [0.05, 0.1) is 5.56 Å². The Balaban J connectivity index is 1.50. The molecule has 2 aromatic rings. The van der Waals surface area contributed by atoms with E-state index in [2.05, 4.69) is 13.5 Å². The van der Waals surface area contributed by atoms with Gasteiger partial charge in [-0.05, 0) is 97.4 Å². The number of benzene rings is 2. The smallest absolute Gasteiger partial charge is 0.134 e. The van der Waals surface area contributed by atoms with E-state index in [-0.39, 0.29) is 5.56 Å². The fourth-order valence-electron chi connectivity index (χ4n) is 5.87. The fraction of sp³-hybridized carbons (Fsp3) is 0.500. The minimum absolute atomic E-state index is 0.103. The molecule has 4 unspecified atom stereocenters. The molecular formula is C28H34F2. The molecule has 0 bridgehead atoms. The Morgan fingerprint density at radius 2 is 1.60 bits per heavy atom. The van der Waals surface area contributed by atoms with E-state index in [4.69, 9.17) is 0 Å². The van der Waals surface area contributed by atoms with Crippen molar-refractivity contribution in [2.45, 2.75) is 70.6 Å². The Bertz CT molecular complexity index is 844. The van der Waals surface area contributed by atoms with Gasteiger partial charge in [0.2, 0.25) is 0 Å². The third-order valence-electron chi connectivity index (χ3n) is 7.71. The van der Waals surface area contributed by atoms with Crippen molar-refractivity contribution in [1.29, 1.82) is 0 Å². The first-order chi connectivity index (χ1) is 14.6. The molecule has 0 spiro atoms. The summed E-state index contributed by atoms with van der Waals surface area (Å²) in [5.41, 5.74) is 2.73. The van der Waals surface area contributed by atoms with Crippen LogP contribution in [-0.2, 0) is 6.42 Å². The van der Waals surface area contributed by atoms with Gasteiger partial charge in [-0.15, -0.1) is 6.58 Å². The number of aryl methyl sites for hydroxylation is 1. The average Bonchev–Trinajstić information content (AvgIpc) is 2.77. The van der Waals surface area contributed by atoms with E-state index >= 15 is 8.78 Å². The van der Waals surface area contributed by atoms with Gasteiger partial charge in [-0.25, -0.2) is 8.78 Å². The van der Waals surface area contributed by atoms with Crippen molar-refractivity contribution < 1.29 is 8.78 Å². The SMILES string of the molecule is C=CCCc1ccc(-c2c(F)cc(C3CCC4CC(CC)CCC4C3)cc2F)cc1. The lowest BCUT2D eigenvalue weighted by molar-refractivity contribution is 0.116. The van der Waals surface area contributed by atoms with Gasteiger partial charge in [-0.3, -0.25) is 0 Å². The number of allylic oxidation sites excluding steroid dienone is 1. The Morgan fingerprint density at radius 3 is 2.27 bits per heavy atom. The second-order valence-electron chi connectivity index (χ2n) is 9.50. The molecule has 0 aliphatic heterocycles. The number of hydrogen-bond donors (Lipinski definition) is 0. The van der Waals surface area contributed by atoms with E-state index in [9.17, 15) is 0 Å². The molecule has 2 heteroatoms. The lowest BCUT2D eigenvalue weighted by Crippen LogP contribution is -2.30. The lowest BCUT2D eigenvalue weighted by Gasteiger charge is -2.42. The molecule has 2 saturated carbocycles. The lowest BCUT2D eigenvalue weighted by atomic mass is 9.63. The summed E-state index contributed by atoms with van der Waals surface area (Å²) in [6.45, 7) is 6.05. The molecule has 4 rings (SSSR count). The Labute approximate surface area is 180 Å². The van der Waals surface area contributed by atoms with E-state index in [1.807, 2.05) is 30.3 Å². The van der Waals surface area contributed by atoms with Crippen LogP contribution in [0, 0.1) is 29.4 Å². The first kappa shape index (κ1) is 21.3. The number of hydrogen-bond acceptors (Lipinski definition) is 0. The van der Waals surface area contributed by atoms with Gasteiger partial charge >= 0.3 is 0 Å². The maximum atomic E-state index is 15.0. The molecule has 2 aromatic carbocycles. The van der Waals surface area contributed by atoms with Crippen molar-refractivity contribution in [1.82, 2.24) is 0 Å². The average molecular weight is 409 g/mol. The summed E-state index contributed by atoms with van der Waals surface area (Å²) in [4.78, 5) is 0. The molecule has 2 fully saturated rings. The van der Waals surface area contributed by atoms with Crippen LogP contribution in [0.5, 0.6) is 0 Å². The molecule has 0 radical (unpaired) electrons. The van der Waals surface area contributed by atoms with Crippen LogP contribution >= 0.6 is 0 Å². The van der Waals surface area contributed by atoms with Gasteiger partial charge in [0.15, 0.2) is 0 Å². The third kappa shape index (κ3) is 4.53. The largest absolute Gasteiger partial charge is 0.206 e. The molecule has 0 amide bonds. The molecule has 0 N–H and O–H groups in total. The van der Waals surface area contributed by atoms with Crippen LogP contribution in [0.2, 0.25) is 0 Å². The van der Waals surface area contributed by atoms with Crippen molar-refractivity contribution in [2.24, 2.45) is 17.8 Å². The summed E-state index contributed by atoms with van der Waals surface area (Å²) in [5, 5.41) is 0. The van der Waals surface area contributed by atoms with Gasteiger partial charge in [-0.1, -0.05) is 50.1 Å². The van der Waals surface area contributed by atoms with Gasteiger partial charge < -0.3 is 0 Å².